The summed E-state index contributed by atoms with van der Waals surface area (Å²) in [5.41, 5.74) is 4.01. The summed E-state index contributed by atoms with van der Waals surface area (Å²) in [4.78, 5) is 10.8. The van der Waals surface area contributed by atoms with Crippen molar-refractivity contribution in [2.45, 2.75) is 12.2 Å². The van der Waals surface area contributed by atoms with E-state index < -0.39 is 29.5 Å². The standard InChI is InChI=1S/C10H9BrF3NO3/c1-18-8-5(7(15)9(16)17)2-4(11)3-6(8)10(12,13)14/h2-3,7H,15H2,1H3,(H,16,17). The van der Waals surface area contributed by atoms with E-state index in [2.05, 4.69) is 20.7 Å². The molecule has 0 heterocycles. The van der Waals surface area contributed by atoms with Crippen LogP contribution in [-0.2, 0) is 11.0 Å². The number of hydrogen-bond donors (Lipinski definition) is 2. The second-order valence-corrected chi connectivity index (χ2v) is 4.31. The first-order valence-electron chi connectivity index (χ1n) is 4.61. The van der Waals surface area contributed by atoms with E-state index in [9.17, 15) is 18.0 Å². The maximum absolute atomic E-state index is 12.8. The van der Waals surface area contributed by atoms with Gasteiger partial charge in [-0.25, -0.2) is 0 Å². The summed E-state index contributed by atoms with van der Waals surface area (Å²) in [7, 11) is 1.02. The fourth-order valence-corrected chi connectivity index (χ4v) is 1.89. The van der Waals surface area contributed by atoms with Crippen molar-refractivity contribution in [3.8, 4) is 5.75 Å². The van der Waals surface area contributed by atoms with E-state index in [-0.39, 0.29) is 10.0 Å². The minimum absolute atomic E-state index is 0.0716. The van der Waals surface area contributed by atoms with Crippen molar-refractivity contribution in [3.63, 3.8) is 0 Å². The van der Waals surface area contributed by atoms with Gasteiger partial charge in [-0.2, -0.15) is 13.2 Å². The molecule has 0 bridgehead atoms. The highest BCUT2D eigenvalue weighted by Gasteiger charge is 2.37. The smallest absolute Gasteiger partial charge is 0.420 e. The monoisotopic (exact) mass is 327 g/mol. The van der Waals surface area contributed by atoms with Gasteiger partial charge < -0.3 is 15.6 Å². The number of alkyl halides is 3. The molecule has 1 rings (SSSR count). The number of carboxylic acid groups (broad SMARTS) is 1. The molecule has 3 N–H and O–H groups in total. The van der Waals surface area contributed by atoms with Crippen molar-refractivity contribution in [1.29, 1.82) is 0 Å². The maximum Gasteiger partial charge on any atom is 0.420 e. The lowest BCUT2D eigenvalue weighted by Crippen LogP contribution is -2.22. The highest BCUT2D eigenvalue weighted by atomic mass is 79.9. The lowest BCUT2D eigenvalue weighted by Gasteiger charge is -2.18. The zero-order valence-corrected chi connectivity index (χ0v) is 10.7. The van der Waals surface area contributed by atoms with Crippen molar-refractivity contribution < 1.29 is 27.8 Å². The summed E-state index contributed by atoms with van der Waals surface area (Å²) in [5, 5.41) is 8.76. The predicted molar refractivity (Wildman–Crippen MR) is 60.3 cm³/mol. The lowest BCUT2D eigenvalue weighted by molar-refractivity contribution is -0.140. The zero-order chi connectivity index (χ0) is 14.1. The molecular formula is C10H9BrF3NO3. The van der Waals surface area contributed by atoms with E-state index >= 15 is 0 Å². The van der Waals surface area contributed by atoms with Crippen molar-refractivity contribution in [1.82, 2.24) is 0 Å². The molecule has 0 aliphatic carbocycles. The summed E-state index contributed by atoms with van der Waals surface area (Å²) in [5.74, 6) is -2.03. The quantitative estimate of drug-likeness (QED) is 0.894. The van der Waals surface area contributed by atoms with Crippen LogP contribution in [0.5, 0.6) is 5.75 Å². The number of halogens is 4. The molecule has 0 saturated carbocycles. The van der Waals surface area contributed by atoms with Crippen LogP contribution in [-0.4, -0.2) is 18.2 Å². The molecule has 0 fully saturated rings. The molecule has 18 heavy (non-hydrogen) atoms. The Bertz CT molecular complexity index is 476. The fourth-order valence-electron chi connectivity index (χ4n) is 1.42. The van der Waals surface area contributed by atoms with Gasteiger partial charge in [0, 0.05) is 10.0 Å². The normalized spacial score (nSPS) is 13.2. The Morgan fingerprint density at radius 2 is 2.06 bits per heavy atom. The lowest BCUT2D eigenvalue weighted by atomic mass is 10.0. The summed E-state index contributed by atoms with van der Waals surface area (Å²) in [6.45, 7) is 0. The van der Waals surface area contributed by atoms with Gasteiger partial charge in [-0.3, -0.25) is 4.79 Å². The topological polar surface area (TPSA) is 72.5 Å². The van der Waals surface area contributed by atoms with Crippen LogP contribution >= 0.6 is 15.9 Å². The molecule has 8 heteroatoms. The van der Waals surface area contributed by atoms with E-state index in [0.29, 0.717) is 0 Å². The van der Waals surface area contributed by atoms with Crippen LogP contribution < -0.4 is 10.5 Å². The zero-order valence-electron chi connectivity index (χ0n) is 9.08. The molecule has 0 radical (unpaired) electrons. The number of methoxy groups -OCH3 is 1. The Kier molecular flexibility index (Phi) is 4.23. The van der Waals surface area contributed by atoms with Crippen LogP contribution in [0.15, 0.2) is 16.6 Å². The summed E-state index contributed by atoms with van der Waals surface area (Å²) in [6, 6.07) is 0.391. The van der Waals surface area contributed by atoms with Crippen molar-refractivity contribution in [2.24, 2.45) is 5.73 Å². The maximum atomic E-state index is 12.8. The second-order valence-electron chi connectivity index (χ2n) is 3.39. The minimum Gasteiger partial charge on any atom is -0.496 e. The highest BCUT2D eigenvalue weighted by Crippen LogP contribution is 2.41. The fraction of sp³-hybridized carbons (Fsp3) is 0.300. The number of hydrogen-bond acceptors (Lipinski definition) is 3. The van der Waals surface area contributed by atoms with E-state index in [4.69, 9.17) is 10.8 Å². The van der Waals surface area contributed by atoms with Crippen molar-refractivity contribution in [2.75, 3.05) is 7.11 Å². The Morgan fingerprint density at radius 1 is 1.50 bits per heavy atom. The number of ether oxygens (including phenoxy) is 1. The third-order valence-electron chi connectivity index (χ3n) is 2.19. The molecule has 0 aromatic heterocycles. The van der Waals surface area contributed by atoms with Crippen LogP contribution in [0.25, 0.3) is 0 Å². The molecule has 0 aliphatic rings. The van der Waals surface area contributed by atoms with E-state index in [1.165, 1.54) is 6.07 Å². The van der Waals surface area contributed by atoms with Crippen LogP contribution in [0.4, 0.5) is 13.2 Å². The van der Waals surface area contributed by atoms with E-state index in [1.807, 2.05) is 0 Å². The Morgan fingerprint density at radius 3 is 2.44 bits per heavy atom. The van der Waals surface area contributed by atoms with Gasteiger partial charge in [0.15, 0.2) is 0 Å². The van der Waals surface area contributed by atoms with Crippen molar-refractivity contribution in [3.05, 3.63) is 27.7 Å². The minimum atomic E-state index is -4.66. The van der Waals surface area contributed by atoms with Crippen LogP contribution in [0.1, 0.15) is 17.2 Å². The first-order chi connectivity index (χ1) is 8.18. The third-order valence-corrected chi connectivity index (χ3v) is 2.65. The first kappa shape index (κ1) is 14.8. The van der Waals surface area contributed by atoms with Crippen molar-refractivity contribution >= 4 is 21.9 Å². The van der Waals surface area contributed by atoms with Gasteiger partial charge in [-0.05, 0) is 12.1 Å². The molecule has 0 aliphatic heterocycles. The van der Waals surface area contributed by atoms with Crippen LogP contribution in [0, 0.1) is 0 Å². The highest BCUT2D eigenvalue weighted by molar-refractivity contribution is 9.10. The molecule has 1 atom stereocenters. The predicted octanol–water partition coefficient (Wildman–Crippen LogP) is 2.56. The molecule has 0 amide bonds. The van der Waals surface area contributed by atoms with Crippen LogP contribution in [0.3, 0.4) is 0 Å². The average molecular weight is 328 g/mol. The van der Waals surface area contributed by atoms with Gasteiger partial charge in [0.05, 0.1) is 12.7 Å². The van der Waals surface area contributed by atoms with Gasteiger partial charge in [0.25, 0.3) is 0 Å². The largest absolute Gasteiger partial charge is 0.496 e. The molecule has 1 unspecified atom stereocenters. The molecule has 4 nitrogen and oxygen atoms in total. The molecule has 1 aromatic rings. The number of carboxylic acids is 1. The second kappa shape index (κ2) is 5.15. The molecule has 0 spiro atoms. The molecule has 100 valence electrons. The third kappa shape index (κ3) is 2.94. The summed E-state index contributed by atoms with van der Waals surface area (Å²) in [6.07, 6.45) is -4.66. The number of nitrogens with two attached hydrogens (primary N) is 1. The SMILES string of the molecule is COc1c(C(N)C(=O)O)cc(Br)cc1C(F)(F)F. The van der Waals surface area contributed by atoms with Gasteiger partial charge in [-0.15, -0.1) is 0 Å². The Balaban J connectivity index is 3.52. The number of aliphatic carboxylic acids is 1. The van der Waals surface area contributed by atoms with E-state index in [0.717, 1.165) is 13.2 Å². The van der Waals surface area contributed by atoms with Gasteiger partial charge in [0.1, 0.15) is 11.8 Å². The first-order valence-corrected chi connectivity index (χ1v) is 5.40. The van der Waals surface area contributed by atoms with Crippen LogP contribution in [0.2, 0.25) is 0 Å². The number of rotatable bonds is 3. The van der Waals surface area contributed by atoms with Gasteiger partial charge in [-0.1, -0.05) is 15.9 Å². The van der Waals surface area contributed by atoms with Gasteiger partial charge in [0.2, 0.25) is 0 Å². The molecule has 0 saturated heterocycles. The average Bonchev–Trinajstić information content (AvgIpc) is 2.25. The number of carbonyl (C=O) groups is 1. The summed E-state index contributed by atoms with van der Waals surface area (Å²) >= 11 is 2.88. The molecular weight excluding hydrogens is 319 g/mol. The van der Waals surface area contributed by atoms with E-state index in [1.54, 1.807) is 0 Å². The Hall–Kier alpha value is -1.28. The number of benzene rings is 1. The van der Waals surface area contributed by atoms with Gasteiger partial charge >= 0.3 is 12.1 Å². The molecule has 1 aromatic carbocycles. The Labute approximate surface area is 109 Å². The summed E-state index contributed by atoms with van der Waals surface area (Å²) < 4.78 is 43.0.